The molecule has 0 bridgehead atoms. The smallest absolute Gasteiger partial charge is 0.133 e. The van der Waals surface area contributed by atoms with Crippen LogP contribution in [0, 0.1) is 13.2 Å². The van der Waals surface area contributed by atoms with Crippen molar-refractivity contribution >= 4 is 45.2 Å². The molecule has 1 nitrogen and oxygen atoms in total. The standard InChI is InChI=1S/C7H5I2O/c1-10-6-4-2-3-5(8)7(6)9/h2,4H,1H3. The molecule has 0 aliphatic heterocycles. The Morgan fingerprint density at radius 3 is 2.70 bits per heavy atom. The Hall–Kier alpha value is 0.480. The summed E-state index contributed by atoms with van der Waals surface area (Å²) in [4.78, 5) is 0. The predicted molar refractivity (Wildman–Crippen MR) is 57.3 cm³/mol. The molecule has 1 radical (unpaired) electrons. The van der Waals surface area contributed by atoms with Crippen molar-refractivity contribution in [2.75, 3.05) is 7.11 Å². The van der Waals surface area contributed by atoms with Gasteiger partial charge >= 0.3 is 0 Å². The van der Waals surface area contributed by atoms with Gasteiger partial charge in [0.15, 0.2) is 0 Å². The predicted octanol–water partition coefficient (Wildman–Crippen LogP) is 2.70. The fraction of sp³-hybridized carbons (Fsp3) is 0.143. The first-order valence-electron chi connectivity index (χ1n) is 2.65. The Morgan fingerprint density at radius 1 is 1.50 bits per heavy atom. The van der Waals surface area contributed by atoms with E-state index in [1.807, 2.05) is 12.1 Å². The van der Waals surface area contributed by atoms with Gasteiger partial charge in [0.05, 0.1) is 10.7 Å². The minimum atomic E-state index is 0.920. The molecule has 0 aliphatic carbocycles. The van der Waals surface area contributed by atoms with Gasteiger partial charge in [0.25, 0.3) is 0 Å². The number of ether oxygens (including phenoxy) is 1. The molecule has 0 spiro atoms. The number of hydrogen-bond donors (Lipinski definition) is 0. The van der Waals surface area contributed by atoms with Crippen molar-refractivity contribution in [2.45, 2.75) is 0 Å². The van der Waals surface area contributed by atoms with Gasteiger partial charge in [-0.2, -0.15) is 0 Å². The van der Waals surface area contributed by atoms with E-state index in [1.165, 1.54) is 0 Å². The maximum Gasteiger partial charge on any atom is 0.133 e. The van der Waals surface area contributed by atoms with Gasteiger partial charge in [-0.05, 0) is 63.4 Å². The van der Waals surface area contributed by atoms with Gasteiger partial charge in [-0.1, -0.05) is 0 Å². The molecular weight excluding hydrogens is 354 g/mol. The highest BCUT2D eigenvalue weighted by Crippen LogP contribution is 2.24. The summed E-state index contributed by atoms with van der Waals surface area (Å²) in [6.07, 6.45) is 0. The average Bonchev–Trinajstić information content (AvgIpc) is 1.95. The first-order chi connectivity index (χ1) is 4.75. The van der Waals surface area contributed by atoms with Crippen molar-refractivity contribution in [3.05, 3.63) is 25.3 Å². The topological polar surface area (TPSA) is 9.23 Å². The van der Waals surface area contributed by atoms with E-state index in [4.69, 9.17) is 4.74 Å². The summed E-state index contributed by atoms with van der Waals surface area (Å²) in [7, 11) is 1.67. The van der Waals surface area contributed by atoms with Crippen molar-refractivity contribution in [2.24, 2.45) is 0 Å². The second-order valence-electron chi connectivity index (χ2n) is 1.67. The van der Waals surface area contributed by atoms with E-state index >= 15 is 0 Å². The van der Waals surface area contributed by atoms with E-state index in [0.29, 0.717) is 0 Å². The number of hydrogen-bond acceptors (Lipinski definition) is 1. The lowest BCUT2D eigenvalue weighted by molar-refractivity contribution is 0.411. The van der Waals surface area contributed by atoms with Crippen LogP contribution in [0.3, 0.4) is 0 Å². The zero-order valence-electron chi connectivity index (χ0n) is 5.32. The largest absolute Gasteiger partial charge is 0.496 e. The van der Waals surface area contributed by atoms with Gasteiger partial charge in [-0.25, -0.2) is 0 Å². The minimum absolute atomic E-state index is 0.920. The molecule has 1 rings (SSSR count). The molecular formula is C7H5I2O. The van der Waals surface area contributed by atoms with E-state index in [0.717, 1.165) is 12.9 Å². The molecule has 0 saturated carbocycles. The van der Waals surface area contributed by atoms with Crippen LogP contribution in [0.4, 0.5) is 0 Å². The third-order valence-corrected chi connectivity index (χ3v) is 4.03. The first kappa shape index (κ1) is 8.58. The Kier molecular flexibility index (Phi) is 3.22. The third kappa shape index (κ3) is 1.75. The monoisotopic (exact) mass is 359 g/mol. The van der Waals surface area contributed by atoms with Gasteiger partial charge in [-0.3, -0.25) is 0 Å². The van der Waals surface area contributed by atoms with Crippen LogP contribution in [0.5, 0.6) is 5.75 Å². The molecule has 0 aromatic heterocycles. The summed E-state index contributed by atoms with van der Waals surface area (Å²) in [6.45, 7) is 0. The lowest BCUT2D eigenvalue weighted by Crippen LogP contribution is -1.88. The van der Waals surface area contributed by atoms with Gasteiger partial charge in [0.2, 0.25) is 0 Å². The molecule has 0 unspecified atom stereocenters. The third-order valence-electron chi connectivity index (χ3n) is 1.07. The second kappa shape index (κ2) is 3.75. The summed E-state index contributed by atoms with van der Waals surface area (Å²) in [5, 5.41) is 0. The van der Waals surface area contributed by atoms with Crippen LogP contribution < -0.4 is 4.74 Å². The van der Waals surface area contributed by atoms with E-state index in [2.05, 4.69) is 51.2 Å². The van der Waals surface area contributed by atoms with E-state index in [9.17, 15) is 0 Å². The Labute approximate surface area is 87.4 Å². The lowest BCUT2D eigenvalue weighted by Gasteiger charge is -2.02. The molecule has 0 fully saturated rings. The fourth-order valence-corrected chi connectivity index (χ4v) is 1.59. The van der Waals surface area contributed by atoms with Gasteiger partial charge in [0, 0.05) is 3.57 Å². The highest BCUT2D eigenvalue weighted by molar-refractivity contribution is 14.1. The molecule has 53 valence electrons. The lowest BCUT2D eigenvalue weighted by atomic mass is 10.3. The molecule has 1 aromatic carbocycles. The van der Waals surface area contributed by atoms with Crippen molar-refractivity contribution < 1.29 is 4.74 Å². The zero-order chi connectivity index (χ0) is 7.56. The molecule has 0 heterocycles. The highest BCUT2D eigenvalue weighted by Gasteiger charge is 2.01. The Bertz CT molecular complexity index is 235. The SMILES string of the molecule is COc1cc[c]c(I)c1I. The van der Waals surface area contributed by atoms with Gasteiger partial charge in [-0.15, -0.1) is 0 Å². The summed E-state index contributed by atoms with van der Waals surface area (Å²) in [5.41, 5.74) is 0. The van der Waals surface area contributed by atoms with Crippen LogP contribution in [0.2, 0.25) is 0 Å². The Morgan fingerprint density at radius 2 is 2.20 bits per heavy atom. The summed E-state index contributed by atoms with van der Waals surface area (Å²) < 4.78 is 7.33. The molecule has 0 atom stereocenters. The van der Waals surface area contributed by atoms with Crippen LogP contribution >= 0.6 is 45.2 Å². The van der Waals surface area contributed by atoms with Crippen molar-refractivity contribution in [1.82, 2.24) is 0 Å². The zero-order valence-corrected chi connectivity index (χ0v) is 9.63. The molecule has 0 amide bonds. The molecule has 0 aliphatic rings. The van der Waals surface area contributed by atoms with E-state index in [-0.39, 0.29) is 0 Å². The van der Waals surface area contributed by atoms with Crippen molar-refractivity contribution in [3.63, 3.8) is 0 Å². The van der Waals surface area contributed by atoms with Gasteiger partial charge < -0.3 is 4.74 Å². The van der Waals surface area contributed by atoms with E-state index < -0.39 is 0 Å². The number of rotatable bonds is 1. The van der Waals surface area contributed by atoms with Crippen LogP contribution in [0.1, 0.15) is 0 Å². The fourth-order valence-electron chi connectivity index (χ4n) is 0.593. The van der Waals surface area contributed by atoms with Crippen molar-refractivity contribution in [3.8, 4) is 5.75 Å². The Balaban J connectivity index is 3.14. The van der Waals surface area contributed by atoms with Crippen LogP contribution in [0.15, 0.2) is 12.1 Å². The second-order valence-corrected chi connectivity index (χ2v) is 3.83. The van der Waals surface area contributed by atoms with Crippen LogP contribution in [-0.4, -0.2) is 7.11 Å². The van der Waals surface area contributed by atoms with Crippen molar-refractivity contribution in [1.29, 1.82) is 0 Å². The van der Waals surface area contributed by atoms with Crippen LogP contribution in [-0.2, 0) is 0 Å². The first-order valence-corrected chi connectivity index (χ1v) is 4.81. The highest BCUT2D eigenvalue weighted by atomic mass is 127. The van der Waals surface area contributed by atoms with Gasteiger partial charge in [0.1, 0.15) is 5.75 Å². The quantitative estimate of drug-likeness (QED) is 0.701. The average molecular weight is 359 g/mol. The summed E-state index contributed by atoms with van der Waals surface area (Å²) in [5.74, 6) is 0.920. The molecule has 10 heavy (non-hydrogen) atoms. The van der Waals surface area contributed by atoms with E-state index in [1.54, 1.807) is 7.11 Å². The minimum Gasteiger partial charge on any atom is -0.496 e. The maximum absolute atomic E-state index is 5.09. The normalized spacial score (nSPS) is 9.50. The molecule has 3 heteroatoms. The number of methoxy groups -OCH3 is 1. The number of halogens is 2. The summed E-state index contributed by atoms with van der Waals surface area (Å²) >= 11 is 4.47. The molecule has 0 N–H and O–H groups in total. The summed E-state index contributed by atoms with van der Waals surface area (Å²) in [6, 6.07) is 6.84. The molecule has 0 saturated heterocycles. The maximum atomic E-state index is 5.09. The molecule has 1 aromatic rings. The number of benzene rings is 1. The van der Waals surface area contributed by atoms with Crippen LogP contribution in [0.25, 0.3) is 0 Å².